The quantitative estimate of drug-likeness (QED) is 0.222. The first kappa shape index (κ1) is 23.7. The van der Waals surface area contributed by atoms with E-state index in [1.165, 1.54) is 10.3 Å². The van der Waals surface area contributed by atoms with Crippen LogP contribution < -0.4 is 0 Å². The predicted molar refractivity (Wildman–Crippen MR) is 172 cm³/mol. The maximum absolute atomic E-state index is 5.27. The molecule has 3 nitrogen and oxygen atoms in total. The molecule has 5 aromatic carbocycles. The molecule has 0 N–H and O–H groups in total. The Balaban J connectivity index is 1.43. The Morgan fingerprint density at radius 3 is 1.85 bits per heavy atom. The van der Waals surface area contributed by atoms with E-state index in [2.05, 4.69) is 121 Å². The molecule has 0 bridgehead atoms. The van der Waals surface area contributed by atoms with E-state index < -0.39 is 0 Å². The van der Waals surface area contributed by atoms with Crippen molar-refractivity contribution in [1.82, 2.24) is 15.0 Å². The number of hydrogen-bond acceptors (Lipinski definition) is 4. The van der Waals surface area contributed by atoms with Crippen LogP contribution in [0.5, 0.6) is 0 Å². The third kappa shape index (κ3) is 4.17. The van der Waals surface area contributed by atoms with Crippen LogP contribution in [0.3, 0.4) is 0 Å². The van der Waals surface area contributed by atoms with Gasteiger partial charge in [-0.25, -0.2) is 15.0 Å². The van der Waals surface area contributed by atoms with Crippen molar-refractivity contribution in [3.8, 4) is 45.0 Å². The summed E-state index contributed by atoms with van der Waals surface area (Å²) < 4.78 is 2.32. The third-order valence-electron chi connectivity index (χ3n) is 7.49. The Labute approximate surface area is 241 Å². The standard InChI is InChI=1S/C37H23N3S/c1-3-12-24(13-4-1)26-16-11-17-27(22-26)32-23-31(25-14-5-2-6-15-25)39-37(40-32)34-28-18-7-9-20-30(28)38-35-29-19-8-10-21-33(29)41-36(34)35/h1-23H. The minimum atomic E-state index is 0.710. The summed E-state index contributed by atoms with van der Waals surface area (Å²) in [4.78, 5) is 15.6. The fourth-order valence-electron chi connectivity index (χ4n) is 5.51. The first-order chi connectivity index (χ1) is 20.3. The van der Waals surface area contributed by atoms with E-state index >= 15 is 0 Å². The minimum absolute atomic E-state index is 0.710. The number of hydrogen-bond donors (Lipinski definition) is 0. The molecular formula is C37H23N3S. The van der Waals surface area contributed by atoms with Crippen molar-refractivity contribution in [2.24, 2.45) is 0 Å². The summed E-state index contributed by atoms with van der Waals surface area (Å²) in [6, 6.07) is 48.3. The number of pyridine rings is 1. The van der Waals surface area contributed by atoms with E-state index in [9.17, 15) is 0 Å². The van der Waals surface area contributed by atoms with Gasteiger partial charge in [0.1, 0.15) is 0 Å². The second-order valence-corrected chi connectivity index (χ2v) is 11.1. The van der Waals surface area contributed by atoms with Gasteiger partial charge in [-0.2, -0.15) is 0 Å². The molecule has 0 saturated carbocycles. The number of benzene rings is 5. The Hall–Kier alpha value is -5.19. The number of thiophene rings is 1. The molecular weight excluding hydrogens is 518 g/mol. The first-order valence-electron chi connectivity index (χ1n) is 13.6. The predicted octanol–water partition coefficient (Wildman–Crippen LogP) is 10.1. The number of para-hydroxylation sites is 1. The molecule has 0 radical (unpaired) electrons. The summed E-state index contributed by atoms with van der Waals surface area (Å²) in [6.45, 7) is 0. The second-order valence-electron chi connectivity index (χ2n) is 10.1. The van der Waals surface area contributed by atoms with E-state index in [4.69, 9.17) is 15.0 Å². The zero-order chi connectivity index (χ0) is 27.2. The number of aromatic nitrogens is 3. The smallest absolute Gasteiger partial charge is 0.162 e. The molecule has 0 aliphatic heterocycles. The van der Waals surface area contributed by atoms with Crippen LogP contribution in [-0.2, 0) is 0 Å². The Morgan fingerprint density at radius 1 is 0.439 bits per heavy atom. The van der Waals surface area contributed by atoms with Crippen molar-refractivity contribution >= 4 is 42.5 Å². The highest BCUT2D eigenvalue weighted by Crippen LogP contribution is 2.42. The Kier molecular flexibility index (Phi) is 5.64. The number of rotatable bonds is 4. The summed E-state index contributed by atoms with van der Waals surface area (Å²) in [5.74, 6) is 0.710. The van der Waals surface area contributed by atoms with Crippen molar-refractivity contribution in [2.45, 2.75) is 0 Å². The number of nitrogens with zero attached hydrogens (tertiary/aromatic N) is 3. The summed E-state index contributed by atoms with van der Waals surface area (Å²) >= 11 is 1.76. The lowest BCUT2D eigenvalue weighted by Crippen LogP contribution is -1.97. The highest BCUT2D eigenvalue weighted by molar-refractivity contribution is 7.26. The van der Waals surface area contributed by atoms with Crippen LogP contribution in [0.25, 0.3) is 76.2 Å². The molecule has 0 unspecified atom stereocenters. The molecule has 0 amide bonds. The monoisotopic (exact) mass is 541 g/mol. The molecule has 8 aromatic rings. The van der Waals surface area contributed by atoms with Gasteiger partial charge in [-0.15, -0.1) is 11.3 Å². The van der Waals surface area contributed by atoms with Crippen molar-refractivity contribution in [3.63, 3.8) is 0 Å². The van der Waals surface area contributed by atoms with Crippen LogP contribution in [0.4, 0.5) is 0 Å². The molecule has 0 aliphatic carbocycles. The van der Waals surface area contributed by atoms with E-state index in [-0.39, 0.29) is 0 Å². The second kappa shape index (κ2) is 9.77. The van der Waals surface area contributed by atoms with Crippen LogP contribution in [0.1, 0.15) is 0 Å². The van der Waals surface area contributed by atoms with Gasteiger partial charge in [0.15, 0.2) is 5.82 Å². The van der Waals surface area contributed by atoms with Gasteiger partial charge < -0.3 is 0 Å². The fraction of sp³-hybridized carbons (Fsp3) is 0. The molecule has 192 valence electrons. The summed E-state index contributed by atoms with van der Waals surface area (Å²) in [5.41, 5.74) is 9.21. The van der Waals surface area contributed by atoms with Crippen molar-refractivity contribution in [1.29, 1.82) is 0 Å². The number of fused-ring (bicyclic) bond motifs is 4. The fourth-order valence-corrected chi connectivity index (χ4v) is 6.71. The minimum Gasteiger partial charge on any atom is -0.246 e. The summed E-state index contributed by atoms with van der Waals surface area (Å²) in [7, 11) is 0. The largest absolute Gasteiger partial charge is 0.246 e. The molecule has 0 spiro atoms. The lowest BCUT2D eigenvalue weighted by atomic mass is 10.0. The lowest BCUT2D eigenvalue weighted by molar-refractivity contribution is 1.19. The molecule has 0 atom stereocenters. The lowest BCUT2D eigenvalue weighted by Gasteiger charge is -2.12. The molecule has 3 aromatic heterocycles. The van der Waals surface area contributed by atoms with E-state index in [0.29, 0.717) is 5.82 Å². The van der Waals surface area contributed by atoms with Gasteiger partial charge in [-0.3, -0.25) is 0 Å². The van der Waals surface area contributed by atoms with Crippen LogP contribution in [0, 0.1) is 0 Å². The van der Waals surface area contributed by atoms with E-state index in [0.717, 1.165) is 60.1 Å². The molecule has 3 heterocycles. The van der Waals surface area contributed by atoms with Crippen LogP contribution >= 0.6 is 11.3 Å². The van der Waals surface area contributed by atoms with Crippen molar-refractivity contribution in [3.05, 3.63) is 140 Å². The molecule has 0 aliphatic rings. The maximum Gasteiger partial charge on any atom is 0.162 e. The molecule has 41 heavy (non-hydrogen) atoms. The van der Waals surface area contributed by atoms with Crippen LogP contribution in [0.15, 0.2) is 140 Å². The maximum atomic E-state index is 5.27. The van der Waals surface area contributed by atoms with Gasteiger partial charge in [0.2, 0.25) is 0 Å². The molecule has 8 rings (SSSR count). The van der Waals surface area contributed by atoms with Gasteiger partial charge in [0.25, 0.3) is 0 Å². The van der Waals surface area contributed by atoms with E-state index in [1.807, 2.05) is 18.2 Å². The highest BCUT2D eigenvalue weighted by Gasteiger charge is 2.20. The third-order valence-corrected chi connectivity index (χ3v) is 8.66. The Bertz CT molecular complexity index is 2200. The van der Waals surface area contributed by atoms with Gasteiger partial charge in [-0.05, 0) is 35.4 Å². The van der Waals surface area contributed by atoms with Crippen molar-refractivity contribution in [2.75, 3.05) is 0 Å². The van der Waals surface area contributed by atoms with Crippen LogP contribution in [-0.4, -0.2) is 15.0 Å². The van der Waals surface area contributed by atoms with Gasteiger partial charge in [-0.1, -0.05) is 115 Å². The zero-order valence-electron chi connectivity index (χ0n) is 22.0. The first-order valence-corrected chi connectivity index (χ1v) is 14.4. The van der Waals surface area contributed by atoms with E-state index in [1.54, 1.807) is 11.3 Å². The van der Waals surface area contributed by atoms with Crippen LogP contribution in [0.2, 0.25) is 0 Å². The zero-order valence-corrected chi connectivity index (χ0v) is 22.8. The summed E-state index contributed by atoms with van der Waals surface area (Å²) in [5, 5.41) is 2.22. The topological polar surface area (TPSA) is 38.7 Å². The normalized spacial score (nSPS) is 11.4. The Morgan fingerprint density at radius 2 is 1.05 bits per heavy atom. The van der Waals surface area contributed by atoms with Gasteiger partial charge >= 0.3 is 0 Å². The SMILES string of the molecule is c1ccc(-c2cccc(-c3cc(-c4ccccc4)nc(-c4c5ccccc5nc5c4sc4ccccc45)n3)c2)cc1. The summed E-state index contributed by atoms with van der Waals surface area (Å²) in [6.07, 6.45) is 0. The molecule has 0 fully saturated rings. The van der Waals surface area contributed by atoms with Gasteiger partial charge in [0.05, 0.1) is 27.1 Å². The molecule has 4 heteroatoms. The average Bonchev–Trinajstić information content (AvgIpc) is 3.42. The average molecular weight is 542 g/mol. The highest BCUT2D eigenvalue weighted by atomic mass is 32.1. The molecule has 0 saturated heterocycles. The van der Waals surface area contributed by atoms with Crippen molar-refractivity contribution < 1.29 is 0 Å². The van der Waals surface area contributed by atoms with Gasteiger partial charge in [0, 0.05) is 32.2 Å².